The van der Waals surface area contributed by atoms with Crippen LogP contribution in [0.1, 0.15) is 37.6 Å². The van der Waals surface area contributed by atoms with Crippen LogP contribution in [0.2, 0.25) is 0 Å². The van der Waals surface area contributed by atoms with Crippen LogP contribution < -0.4 is 0 Å². The average molecular weight is 441 g/mol. The van der Waals surface area contributed by atoms with E-state index >= 15 is 0 Å². The smallest absolute Gasteiger partial charge is 0.325 e. The van der Waals surface area contributed by atoms with Gasteiger partial charge in [0.05, 0.1) is 18.1 Å². The molecular weight excluding hydrogens is 408 g/mol. The Morgan fingerprint density at radius 2 is 1.87 bits per heavy atom. The Balaban J connectivity index is 2.26. The third-order valence-electron chi connectivity index (χ3n) is 5.03. The van der Waals surface area contributed by atoms with Crippen LogP contribution in [0.15, 0.2) is 29.2 Å². The predicted molar refractivity (Wildman–Crippen MR) is 113 cm³/mol. The topological polar surface area (TPSA) is 93.2 Å². The highest BCUT2D eigenvalue weighted by Gasteiger charge is 2.32. The van der Waals surface area contributed by atoms with E-state index in [0.717, 1.165) is 6.42 Å². The van der Waals surface area contributed by atoms with Crippen LogP contribution in [0.4, 0.5) is 0 Å². The van der Waals surface area contributed by atoms with Gasteiger partial charge < -0.3 is 14.4 Å². The molecule has 1 heterocycles. The monoisotopic (exact) mass is 440 g/mol. The molecule has 0 aromatic heterocycles. The van der Waals surface area contributed by atoms with Gasteiger partial charge in [-0.05, 0) is 43.4 Å². The number of piperidine rings is 1. The zero-order valence-electron chi connectivity index (χ0n) is 18.2. The van der Waals surface area contributed by atoms with Gasteiger partial charge in [-0.2, -0.15) is 4.31 Å². The first kappa shape index (κ1) is 24.3. The summed E-state index contributed by atoms with van der Waals surface area (Å²) < 4.78 is 37.8. The molecule has 1 fully saturated rings. The summed E-state index contributed by atoms with van der Waals surface area (Å²) in [6.45, 7) is 7.12. The van der Waals surface area contributed by atoms with Gasteiger partial charge in [0.25, 0.3) is 5.91 Å². The van der Waals surface area contributed by atoms with Crippen LogP contribution in [-0.4, -0.2) is 76.0 Å². The van der Waals surface area contributed by atoms with Crippen molar-refractivity contribution < 1.29 is 27.5 Å². The van der Waals surface area contributed by atoms with E-state index in [0.29, 0.717) is 13.1 Å². The zero-order valence-corrected chi connectivity index (χ0v) is 19.0. The van der Waals surface area contributed by atoms with E-state index in [-0.39, 0.29) is 48.6 Å². The molecule has 1 saturated heterocycles. The number of carbonyl (C=O) groups excluding carboxylic acids is 2. The molecule has 30 heavy (non-hydrogen) atoms. The lowest BCUT2D eigenvalue weighted by molar-refractivity contribution is -0.143. The van der Waals surface area contributed by atoms with E-state index in [2.05, 4.69) is 0 Å². The van der Waals surface area contributed by atoms with Gasteiger partial charge in [-0.15, -0.1) is 0 Å². The minimum Gasteiger partial charge on any atom is -0.465 e. The first-order chi connectivity index (χ1) is 14.2. The number of hydrogen-bond acceptors (Lipinski definition) is 6. The van der Waals surface area contributed by atoms with Crippen molar-refractivity contribution in [2.24, 2.45) is 11.8 Å². The van der Waals surface area contributed by atoms with Crippen LogP contribution in [0.25, 0.3) is 0 Å². The molecule has 0 aliphatic carbocycles. The summed E-state index contributed by atoms with van der Waals surface area (Å²) in [4.78, 5) is 26.3. The second kappa shape index (κ2) is 10.9. The van der Waals surface area contributed by atoms with Gasteiger partial charge in [0.15, 0.2) is 0 Å². The second-order valence-corrected chi connectivity index (χ2v) is 9.76. The molecule has 1 aliphatic rings. The van der Waals surface area contributed by atoms with E-state index in [1.54, 1.807) is 19.1 Å². The number of hydrogen-bond donors (Lipinski definition) is 0. The third-order valence-corrected chi connectivity index (χ3v) is 6.86. The molecular formula is C21H32N2O6S. The molecule has 0 saturated carbocycles. The van der Waals surface area contributed by atoms with E-state index in [1.165, 1.54) is 28.4 Å². The molecule has 1 aliphatic heterocycles. The number of methoxy groups -OCH3 is 1. The summed E-state index contributed by atoms with van der Waals surface area (Å²) >= 11 is 0. The van der Waals surface area contributed by atoms with Crippen molar-refractivity contribution in [2.45, 2.75) is 32.1 Å². The number of carbonyl (C=O) groups is 2. The summed E-state index contributed by atoms with van der Waals surface area (Å²) in [5.74, 6) is -0.413. The number of sulfonamides is 1. The van der Waals surface area contributed by atoms with Gasteiger partial charge in [0, 0.05) is 32.3 Å². The van der Waals surface area contributed by atoms with Crippen LogP contribution in [0.3, 0.4) is 0 Å². The molecule has 2 unspecified atom stereocenters. The SMILES string of the molecule is CCOC(=O)CN(CCOC)C(=O)c1cccc(S(=O)(=O)N2CC(C)CC(C)C2)c1. The maximum absolute atomic E-state index is 13.2. The third kappa shape index (κ3) is 6.26. The fourth-order valence-corrected chi connectivity index (χ4v) is 5.47. The lowest BCUT2D eigenvalue weighted by Crippen LogP contribution is -2.42. The molecule has 2 rings (SSSR count). The van der Waals surface area contributed by atoms with Crippen molar-refractivity contribution in [1.82, 2.24) is 9.21 Å². The van der Waals surface area contributed by atoms with Crippen molar-refractivity contribution >= 4 is 21.9 Å². The van der Waals surface area contributed by atoms with Crippen LogP contribution in [0, 0.1) is 11.8 Å². The van der Waals surface area contributed by atoms with Crippen molar-refractivity contribution in [3.63, 3.8) is 0 Å². The highest BCUT2D eigenvalue weighted by molar-refractivity contribution is 7.89. The van der Waals surface area contributed by atoms with Crippen LogP contribution in [0.5, 0.6) is 0 Å². The zero-order chi connectivity index (χ0) is 22.3. The molecule has 9 heteroatoms. The second-order valence-electron chi connectivity index (χ2n) is 7.82. The first-order valence-electron chi connectivity index (χ1n) is 10.2. The summed E-state index contributed by atoms with van der Waals surface area (Å²) in [6, 6.07) is 5.98. The lowest BCUT2D eigenvalue weighted by atomic mass is 9.94. The van der Waals surface area contributed by atoms with Crippen LogP contribution >= 0.6 is 0 Å². The average Bonchev–Trinajstić information content (AvgIpc) is 2.70. The highest BCUT2D eigenvalue weighted by Crippen LogP contribution is 2.27. The number of rotatable bonds is 9. The molecule has 0 bridgehead atoms. The Hall–Kier alpha value is -1.97. The van der Waals surface area contributed by atoms with E-state index in [4.69, 9.17) is 9.47 Å². The predicted octanol–water partition coefficient (Wildman–Crippen LogP) is 2.00. The normalized spacial score (nSPS) is 20.0. The van der Waals surface area contributed by atoms with Gasteiger partial charge in [0.1, 0.15) is 6.54 Å². The Kier molecular flexibility index (Phi) is 8.81. The fourth-order valence-electron chi connectivity index (χ4n) is 3.74. The summed E-state index contributed by atoms with van der Waals surface area (Å²) in [5.41, 5.74) is 0.203. The minimum atomic E-state index is -3.71. The molecule has 0 N–H and O–H groups in total. The van der Waals surface area contributed by atoms with Crippen molar-refractivity contribution in [3.8, 4) is 0 Å². The Labute approximate surface area is 179 Å². The van der Waals surface area contributed by atoms with E-state index in [1.807, 2.05) is 13.8 Å². The lowest BCUT2D eigenvalue weighted by Gasteiger charge is -2.34. The van der Waals surface area contributed by atoms with E-state index < -0.39 is 21.9 Å². The minimum absolute atomic E-state index is 0.0810. The Morgan fingerprint density at radius 3 is 2.47 bits per heavy atom. The Bertz CT molecular complexity index is 832. The molecule has 168 valence electrons. The highest BCUT2D eigenvalue weighted by atomic mass is 32.2. The molecule has 8 nitrogen and oxygen atoms in total. The number of esters is 1. The number of ether oxygens (including phenoxy) is 2. The standard InChI is InChI=1S/C21H32N2O6S/c1-5-29-20(24)15-22(9-10-28-4)21(25)18-7-6-8-19(12-18)30(26,27)23-13-16(2)11-17(3)14-23/h6-8,12,16-17H,5,9-11,13-15H2,1-4H3. The molecule has 0 spiro atoms. The number of nitrogens with zero attached hydrogens (tertiary/aromatic N) is 2. The number of amides is 1. The maximum atomic E-state index is 13.2. The summed E-state index contributed by atoms with van der Waals surface area (Å²) in [5, 5.41) is 0. The first-order valence-corrected chi connectivity index (χ1v) is 11.7. The molecule has 1 aromatic carbocycles. The Morgan fingerprint density at radius 1 is 1.20 bits per heavy atom. The van der Waals surface area contributed by atoms with Crippen molar-refractivity contribution in [3.05, 3.63) is 29.8 Å². The largest absolute Gasteiger partial charge is 0.465 e. The summed E-state index contributed by atoms with van der Waals surface area (Å²) in [7, 11) is -2.21. The van der Waals surface area contributed by atoms with Crippen LogP contribution in [-0.2, 0) is 24.3 Å². The molecule has 0 radical (unpaired) electrons. The molecule has 2 atom stereocenters. The van der Waals surface area contributed by atoms with Gasteiger partial charge in [-0.1, -0.05) is 19.9 Å². The molecule has 1 amide bonds. The van der Waals surface area contributed by atoms with Gasteiger partial charge in [0.2, 0.25) is 10.0 Å². The summed E-state index contributed by atoms with van der Waals surface area (Å²) in [6.07, 6.45) is 0.993. The van der Waals surface area contributed by atoms with Gasteiger partial charge in [-0.3, -0.25) is 9.59 Å². The van der Waals surface area contributed by atoms with E-state index in [9.17, 15) is 18.0 Å². The van der Waals surface area contributed by atoms with Gasteiger partial charge >= 0.3 is 5.97 Å². The maximum Gasteiger partial charge on any atom is 0.325 e. The molecule has 1 aromatic rings. The van der Waals surface area contributed by atoms with Crippen molar-refractivity contribution in [2.75, 3.05) is 46.5 Å². The van der Waals surface area contributed by atoms with Gasteiger partial charge in [-0.25, -0.2) is 8.42 Å². The quantitative estimate of drug-likeness (QED) is 0.546. The van der Waals surface area contributed by atoms with Crippen molar-refractivity contribution in [1.29, 1.82) is 0 Å². The number of benzene rings is 1. The fraction of sp³-hybridized carbons (Fsp3) is 0.619.